The van der Waals surface area contributed by atoms with Gasteiger partial charge in [-0.05, 0) is 74.8 Å². The summed E-state index contributed by atoms with van der Waals surface area (Å²) in [5, 5.41) is 2.03. The van der Waals surface area contributed by atoms with E-state index in [1.54, 1.807) is 55.5 Å². The summed E-state index contributed by atoms with van der Waals surface area (Å²) in [5.74, 6) is 0.171. The van der Waals surface area contributed by atoms with Gasteiger partial charge in [-0.1, -0.05) is 55.3 Å². The zero-order chi connectivity index (χ0) is 31.7. The van der Waals surface area contributed by atoms with Gasteiger partial charge in [-0.25, -0.2) is 4.79 Å². The van der Waals surface area contributed by atoms with E-state index in [-0.39, 0.29) is 24.7 Å². The van der Waals surface area contributed by atoms with Gasteiger partial charge in [-0.3, -0.25) is 0 Å². The number of allylic oxidation sites excluding steroid dienone is 7. The summed E-state index contributed by atoms with van der Waals surface area (Å²) in [6.45, 7) is 9.71. The van der Waals surface area contributed by atoms with Gasteiger partial charge in [0.25, 0.3) is 0 Å². The van der Waals surface area contributed by atoms with Crippen molar-refractivity contribution < 1.29 is 36.9 Å². The molecule has 0 bridgehead atoms. The number of nitrogens with zero attached hydrogens (tertiary/aromatic N) is 1. The van der Waals surface area contributed by atoms with Crippen LogP contribution in [-0.2, 0) is 20.8 Å². The number of alkyl halides is 3. The van der Waals surface area contributed by atoms with Crippen LogP contribution < -0.4 is 20.0 Å². The van der Waals surface area contributed by atoms with Crippen molar-refractivity contribution in [2.24, 2.45) is 5.92 Å². The van der Waals surface area contributed by atoms with Crippen LogP contribution >= 0.6 is 23.2 Å². The fraction of sp³-hybridized carbons (Fsp3) is 0.344. The van der Waals surface area contributed by atoms with Crippen LogP contribution in [0.25, 0.3) is 12.2 Å². The Morgan fingerprint density at radius 3 is 2.60 bits per heavy atom. The minimum absolute atomic E-state index is 0.0889. The third-order valence-electron chi connectivity index (χ3n) is 6.10. The number of ether oxygens (including phenoxy) is 4. The van der Waals surface area contributed by atoms with Crippen LogP contribution in [0.3, 0.4) is 0 Å². The van der Waals surface area contributed by atoms with E-state index >= 15 is 0 Å². The number of carbonyl (C=O) groups is 1. The smallest absolute Gasteiger partial charge is 0.477 e. The van der Waals surface area contributed by atoms with Crippen molar-refractivity contribution in [1.29, 1.82) is 0 Å². The Morgan fingerprint density at radius 2 is 1.93 bits per heavy atom. The van der Waals surface area contributed by atoms with Gasteiger partial charge in [0.1, 0.15) is 11.5 Å². The number of carbonyl (C=O) groups excluding carboxylic acids is 1. The number of aromatic nitrogens is 1. The lowest BCUT2D eigenvalue weighted by Crippen LogP contribution is -2.30. The second-order valence-corrected chi connectivity index (χ2v) is 10.9. The van der Waals surface area contributed by atoms with Gasteiger partial charge in [0.15, 0.2) is 11.9 Å². The first-order chi connectivity index (χ1) is 20.3. The van der Waals surface area contributed by atoms with Crippen molar-refractivity contribution in [3.8, 4) is 11.5 Å². The molecule has 1 atom stereocenters. The predicted molar refractivity (Wildman–Crippen MR) is 162 cm³/mol. The summed E-state index contributed by atoms with van der Waals surface area (Å²) in [4.78, 5) is 12.3. The first-order valence-corrected chi connectivity index (χ1v) is 14.3. The van der Waals surface area contributed by atoms with Crippen LogP contribution in [0.1, 0.15) is 45.4 Å². The molecule has 6 nitrogen and oxygen atoms in total. The average molecular weight is 641 g/mol. The molecule has 43 heavy (non-hydrogen) atoms. The van der Waals surface area contributed by atoms with E-state index < -0.39 is 18.4 Å². The number of hydrogen-bond acceptors (Lipinski definition) is 5. The lowest BCUT2D eigenvalue weighted by Gasteiger charge is -2.17. The molecule has 1 aliphatic rings. The SMILES string of the molecule is C\C=C/C(Cl)=C\C=C\Oc1c(C)n(Cc2ccc(Cl)c(OC(C)C(=O)OCC(C)C)c2)c2c1=CC=C(OC(F)(F)F)CC=2. The third kappa shape index (κ3) is 10.0. The second kappa shape index (κ2) is 15.3. The molecule has 0 spiro atoms. The van der Waals surface area contributed by atoms with E-state index in [0.29, 0.717) is 38.7 Å². The van der Waals surface area contributed by atoms with Crippen molar-refractivity contribution in [2.45, 2.75) is 60.1 Å². The highest BCUT2D eigenvalue weighted by Gasteiger charge is 2.32. The van der Waals surface area contributed by atoms with Crippen molar-refractivity contribution in [3.05, 3.63) is 92.5 Å². The molecule has 0 radical (unpaired) electrons. The minimum atomic E-state index is -4.81. The summed E-state index contributed by atoms with van der Waals surface area (Å²) in [5.41, 5.74) is 1.49. The highest BCUT2D eigenvalue weighted by atomic mass is 35.5. The van der Waals surface area contributed by atoms with Crippen LogP contribution in [0.15, 0.2) is 65.6 Å². The van der Waals surface area contributed by atoms with E-state index in [1.165, 1.54) is 18.4 Å². The molecule has 0 saturated carbocycles. The molecule has 3 rings (SSSR count). The largest absolute Gasteiger partial charge is 0.572 e. The van der Waals surface area contributed by atoms with Gasteiger partial charge < -0.3 is 23.5 Å². The Balaban J connectivity index is 1.97. The maximum atomic E-state index is 12.9. The third-order valence-corrected chi connectivity index (χ3v) is 6.67. The molecule has 1 heterocycles. The van der Waals surface area contributed by atoms with E-state index in [9.17, 15) is 18.0 Å². The van der Waals surface area contributed by atoms with E-state index in [4.69, 9.17) is 37.4 Å². The number of fused-ring (bicyclic) bond motifs is 1. The van der Waals surface area contributed by atoms with E-state index in [0.717, 1.165) is 11.3 Å². The quantitative estimate of drug-likeness (QED) is 0.137. The molecule has 0 saturated heterocycles. The van der Waals surface area contributed by atoms with Gasteiger partial charge in [-0.2, -0.15) is 0 Å². The lowest BCUT2D eigenvalue weighted by molar-refractivity contribution is -0.305. The second-order valence-electron chi connectivity index (χ2n) is 10.1. The lowest BCUT2D eigenvalue weighted by atomic mass is 10.2. The first kappa shape index (κ1) is 33.9. The summed E-state index contributed by atoms with van der Waals surface area (Å²) in [6.07, 6.45) is 6.91. The topological polar surface area (TPSA) is 58.9 Å². The summed E-state index contributed by atoms with van der Waals surface area (Å²) in [6, 6.07) is 5.17. The molecule has 1 aromatic heterocycles. The van der Waals surface area contributed by atoms with E-state index in [1.807, 2.05) is 32.3 Å². The van der Waals surface area contributed by atoms with Crippen molar-refractivity contribution in [3.63, 3.8) is 0 Å². The van der Waals surface area contributed by atoms with Gasteiger partial charge in [-0.15, -0.1) is 13.2 Å². The molecular formula is C32H34Cl2F3NO5. The Labute approximate surface area is 259 Å². The zero-order valence-electron chi connectivity index (χ0n) is 24.5. The standard InChI is InChI=1S/C32H34Cl2F3NO5/c1-6-8-24(33)9-7-16-40-30-21(4)38(28-15-12-25(11-13-26(28)30)43-32(35,36)37)18-23-10-14-27(34)29(17-23)42-22(5)31(39)41-19-20(2)3/h6-11,13-17,20,22H,12,18-19H2,1-5H3/b8-6-,16-7+,24-9+. The number of hydrogen-bond donors (Lipinski definition) is 0. The summed E-state index contributed by atoms with van der Waals surface area (Å²) >= 11 is 12.5. The highest BCUT2D eigenvalue weighted by Crippen LogP contribution is 2.28. The van der Waals surface area contributed by atoms with Crippen molar-refractivity contribution >= 4 is 41.3 Å². The van der Waals surface area contributed by atoms with Gasteiger partial charge >= 0.3 is 12.3 Å². The first-order valence-electron chi connectivity index (χ1n) is 13.6. The number of esters is 1. The maximum absolute atomic E-state index is 12.9. The Kier molecular flexibility index (Phi) is 12.0. The molecule has 1 aliphatic carbocycles. The fourth-order valence-electron chi connectivity index (χ4n) is 4.14. The van der Waals surface area contributed by atoms with Gasteiger partial charge in [0.2, 0.25) is 0 Å². The van der Waals surface area contributed by atoms with E-state index in [2.05, 4.69) is 4.74 Å². The maximum Gasteiger partial charge on any atom is 0.572 e. The number of benzene rings is 1. The van der Waals surface area contributed by atoms with Crippen LogP contribution in [0.5, 0.6) is 11.5 Å². The normalized spacial score (nSPS) is 14.6. The number of rotatable bonds is 12. The molecule has 1 aromatic carbocycles. The Hall–Kier alpha value is -3.56. The van der Waals surface area contributed by atoms with Gasteiger partial charge in [0.05, 0.1) is 23.6 Å². The Bertz CT molecular complexity index is 1550. The summed E-state index contributed by atoms with van der Waals surface area (Å²) < 4.78 is 62.0. The minimum Gasteiger partial charge on any atom is -0.477 e. The van der Waals surface area contributed by atoms with Crippen LogP contribution in [0, 0.1) is 12.8 Å². The number of halogens is 5. The molecule has 2 aromatic rings. The van der Waals surface area contributed by atoms with Crippen LogP contribution in [0.4, 0.5) is 13.2 Å². The zero-order valence-corrected chi connectivity index (χ0v) is 26.0. The molecule has 11 heteroatoms. The molecule has 0 aliphatic heterocycles. The fourth-order valence-corrected chi connectivity index (χ4v) is 4.50. The summed E-state index contributed by atoms with van der Waals surface area (Å²) in [7, 11) is 0. The van der Waals surface area contributed by atoms with Crippen molar-refractivity contribution in [1.82, 2.24) is 4.57 Å². The van der Waals surface area contributed by atoms with Crippen molar-refractivity contribution in [2.75, 3.05) is 6.61 Å². The molecule has 0 fully saturated rings. The molecule has 1 unspecified atom stereocenters. The predicted octanol–water partition coefficient (Wildman–Crippen LogP) is 7.44. The highest BCUT2D eigenvalue weighted by molar-refractivity contribution is 6.32. The van der Waals surface area contributed by atoms with Gasteiger partial charge in [0, 0.05) is 28.6 Å². The van der Waals surface area contributed by atoms with Crippen LogP contribution in [0.2, 0.25) is 5.02 Å². The Morgan fingerprint density at radius 1 is 1.19 bits per heavy atom. The molecule has 0 N–H and O–H groups in total. The molecular weight excluding hydrogens is 606 g/mol. The molecule has 232 valence electrons. The molecule has 0 amide bonds. The average Bonchev–Trinajstić information content (AvgIpc) is 3.03. The monoisotopic (exact) mass is 639 g/mol. The van der Waals surface area contributed by atoms with Crippen LogP contribution in [-0.4, -0.2) is 29.6 Å².